The number of nitrogens with two attached hydrogens (primary N) is 2. The van der Waals surface area contributed by atoms with E-state index < -0.39 is 0 Å². The van der Waals surface area contributed by atoms with Crippen molar-refractivity contribution in [2.75, 3.05) is 33.2 Å². The Morgan fingerprint density at radius 2 is 2.00 bits per heavy atom. The number of rotatable bonds is 2. The van der Waals surface area contributed by atoms with Crippen LogP contribution in [0.1, 0.15) is 6.42 Å². The van der Waals surface area contributed by atoms with Crippen LogP contribution in [-0.4, -0.2) is 55.0 Å². The van der Waals surface area contributed by atoms with Crippen LogP contribution in [0, 0.1) is 0 Å². The van der Waals surface area contributed by atoms with Crippen LogP contribution in [0.4, 0.5) is 0 Å². The van der Waals surface area contributed by atoms with Crippen LogP contribution in [0.5, 0.6) is 0 Å². The van der Waals surface area contributed by atoms with Crippen LogP contribution in [0.3, 0.4) is 0 Å². The summed E-state index contributed by atoms with van der Waals surface area (Å²) < 4.78 is 0. The summed E-state index contributed by atoms with van der Waals surface area (Å²) in [4.78, 5) is 8.76. The number of aliphatic imine (C=N–C) groups is 1. The van der Waals surface area contributed by atoms with Gasteiger partial charge in [0.05, 0.1) is 16.8 Å². The second kappa shape index (κ2) is 5.63. The first-order chi connectivity index (χ1) is 8.56. The van der Waals surface area contributed by atoms with E-state index in [1.165, 1.54) is 0 Å². The first kappa shape index (κ1) is 13.2. The number of likely N-dealkylation sites (N-methyl/N-ethyl adjacent to an activating group) is 1. The summed E-state index contributed by atoms with van der Waals surface area (Å²) in [7, 11) is 2.14. The van der Waals surface area contributed by atoms with Gasteiger partial charge < -0.3 is 21.3 Å². The van der Waals surface area contributed by atoms with Crippen LogP contribution < -0.4 is 11.5 Å². The molecular formula is C12H20ClN5. The normalized spacial score (nSPS) is 25.4. The molecule has 0 aromatic rings. The van der Waals surface area contributed by atoms with Gasteiger partial charge in [-0.15, -0.1) is 0 Å². The van der Waals surface area contributed by atoms with Gasteiger partial charge >= 0.3 is 0 Å². The first-order valence-electron chi connectivity index (χ1n) is 6.16. The number of allylic oxidation sites excluding steroid dienone is 1. The van der Waals surface area contributed by atoms with E-state index >= 15 is 0 Å². The summed E-state index contributed by atoms with van der Waals surface area (Å²) in [5.74, 6) is 0.108. The van der Waals surface area contributed by atoms with Gasteiger partial charge in [-0.1, -0.05) is 17.7 Å². The van der Waals surface area contributed by atoms with E-state index in [1.807, 2.05) is 6.08 Å². The van der Waals surface area contributed by atoms with Gasteiger partial charge in [-0.25, -0.2) is 4.99 Å². The maximum atomic E-state index is 6.32. The number of halogens is 1. The zero-order valence-electron chi connectivity index (χ0n) is 10.6. The summed E-state index contributed by atoms with van der Waals surface area (Å²) in [5, 5.41) is 0.751. The number of guanidine groups is 1. The molecular weight excluding hydrogens is 250 g/mol. The quantitative estimate of drug-likeness (QED) is 0.558. The Balaban J connectivity index is 2.02. The molecule has 0 aromatic carbocycles. The molecule has 1 saturated heterocycles. The SMILES string of the molecule is CN1CCN(C2=CCC(N=C(N)N)C=C2Cl)CC1. The van der Waals surface area contributed by atoms with E-state index in [0.717, 1.165) is 43.3 Å². The Bertz CT molecular complexity index is 389. The molecule has 18 heavy (non-hydrogen) atoms. The molecule has 1 fully saturated rings. The van der Waals surface area contributed by atoms with Gasteiger partial charge in [0.25, 0.3) is 0 Å². The van der Waals surface area contributed by atoms with Crippen LogP contribution in [0.2, 0.25) is 0 Å². The lowest BCUT2D eigenvalue weighted by atomic mass is 10.1. The number of piperazine rings is 1. The second-order valence-corrected chi connectivity index (χ2v) is 5.16. The van der Waals surface area contributed by atoms with E-state index in [1.54, 1.807) is 0 Å². The Morgan fingerprint density at radius 3 is 2.56 bits per heavy atom. The third kappa shape index (κ3) is 3.17. The van der Waals surface area contributed by atoms with Crippen molar-refractivity contribution in [3.63, 3.8) is 0 Å². The molecule has 1 aliphatic carbocycles. The van der Waals surface area contributed by atoms with Crippen molar-refractivity contribution in [2.45, 2.75) is 12.5 Å². The highest BCUT2D eigenvalue weighted by molar-refractivity contribution is 6.32. The minimum atomic E-state index is -0.0290. The molecule has 0 saturated carbocycles. The van der Waals surface area contributed by atoms with Crippen molar-refractivity contribution in [3.05, 3.63) is 22.9 Å². The minimum Gasteiger partial charge on any atom is -0.370 e. The van der Waals surface area contributed by atoms with Gasteiger partial charge in [0.2, 0.25) is 0 Å². The molecule has 1 atom stereocenters. The summed E-state index contributed by atoms with van der Waals surface area (Å²) in [6, 6.07) is -0.0290. The smallest absolute Gasteiger partial charge is 0.186 e. The van der Waals surface area contributed by atoms with E-state index in [9.17, 15) is 0 Å². The molecule has 1 heterocycles. The molecule has 2 rings (SSSR count). The third-order valence-electron chi connectivity index (χ3n) is 3.29. The molecule has 0 radical (unpaired) electrons. The van der Waals surface area contributed by atoms with Crippen LogP contribution >= 0.6 is 11.6 Å². The molecule has 5 nitrogen and oxygen atoms in total. The van der Waals surface area contributed by atoms with E-state index in [-0.39, 0.29) is 12.0 Å². The van der Waals surface area contributed by atoms with Crippen LogP contribution in [0.25, 0.3) is 0 Å². The standard InChI is InChI=1S/C12H20ClN5/c1-17-4-6-18(7-5-17)11-3-2-9(8-10(11)13)16-12(14)15/h3,8-9H,2,4-7H2,1H3,(H4,14,15,16). The molecule has 100 valence electrons. The average molecular weight is 270 g/mol. The van der Waals surface area contributed by atoms with Crippen molar-refractivity contribution >= 4 is 17.6 Å². The van der Waals surface area contributed by atoms with Gasteiger partial charge in [0.15, 0.2) is 5.96 Å². The highest BCUT2D eigenvalue weighted by Gasteiger charge is 2.21. The Morgan fingerprint density at radius 1 is 1.33 bits per heavy atom. The summed E-state index contributed by atoms with van der Waals surface area (Å²) in [5.41, 5.74) is 11.9. The fraction of sp³-hybridized carbons (Fsp3) is 0.583. The molecule has 6 heteroatoms. The molecule has 0 spiro atoms. The Hall–Kier alpha value is -1.20. The number of hydrogen-bond donors (Lipinski definition) is 2. The predicted octanol–water partition coefficient (Wildman–Crippen LogP) is 0.286. The monoisotopic (exact) mass is 269 g/mol. The Labute approximate surface area is 113 Å². The topological polar surface area (TPSA) is 70.9 Å². The number of nitrogens with zero attached hydrogens (tertiary/aromatic N) is 3. The van der Waals surface area contributed by atoms with Crippen LogP contribution in [-0.2, 0) is 0 Å². The van der Waals surface area contributed by atoms with Gasteiger partial charge in [-0.3, -0.25) is 0 Å². The molecule has 1 unspecified atom stereocenters. The fourth-order valence-electron chi connectivity index (χ4n) is 2.26. The van der Waals surface area contributed by atoms with E-state index in [4.69, 9.17) is 23.1 Å². The van der Waals surface area contributed by atoms with E-state index in [0.29, 0.717) is 0 Å². The molecule has 0 aromatic heterocycles. The third-order valence-corrected chi connectivity index (χ3v) is 3.61. The average Bonchev–Trinajstić information content (AvgIpc) is 2.30. The second-order valence-electron chi connectivity index (χ2n) is 4.75. The van der Waals surface area contributed by atoms with Gasteiger partial charge in [0, 0.05) is 26.2 Å². The molecule has 0 amide bonds. The first-order valence-corrected chi connectivity index (χ1v) is 6.54. The van der Waals surface area contributed by atoms with Crippen molar-refractivity contribution in [3.8, 4) is 0 Å². The summed E-state index contributed by atoms with van der Waals surface area (Å²) in [6.45, 7) is 4.16. The van der Waals surface area contributed by atoms with Crippen molar-refractivity contribution in [2.24, 2.45) is 16.5 Å². The van der Waals surface area contributed by atoms with Crippen molar-refractivity contribution in [1.82, 2.24) is 9.80 Å². The van der Waals surface area contributed by atoms with Crippen molar-refractivity contribution in [1.29, 1.82) is 0 Å². The molecule has 1 aliphatic heterocycles. The maximum absolute atomic E-state index is 6.32. The summed E-state index contributed by atoms with van der Waals surface area (Å²) in [6.07, 6.45) is 4.86. The maximum Gasteiger partial charge on any atom is 0.186 e. The highest BCUT2D eigenvalue weighted by Crippen LogP contribution is 2.27. The van der Waals surface area contributed by atoms with Crippen molar-refractivity contribution < 1.29 is 0 Å². The van der Waals surface area contributed by atoms with E-state index in [2.05, 4.69) is 27.9 Å². The zero-order chi connectivity index (χ0) is 13.1. The van der Waals surface area contributed by atoms with Gasteiger partial charge in [-0.05, 0) is 19.5 Å². The summed E-state index contributed by atoms with van der Waals surface area (Å²) >= 11 is 6.32. The lowest BCUT2D eigenvalue weighted by Gasteiger charge is -2.36. The zero-order valence-corrected chi connectivity index (χ0v) is 11.4. The molecule has 4 N–H and O–H groups in total. The molecule has 2 aliphatic rings. The predicted molar refractivity (Wildman–Crippen MR) is 75.3 cm³/mol. The fourth-order valence-corrected chi connectivity index (χ4v) is 2.60. The minimum absolute atomic E-state index is 0.0290. The molecule has 0 bridgehead atoms. The Kier molecular flexibility index (Phi) is 4.14. The largest absolute Gasteiger partial charge is 0.370 e. The lowest BCUT2D eigenvalue weighted by Crippen LogP contribution is -2.44. The number of hydrogen-bond acceptors (Lipinski definition) is 3. The highest BCUT2D eigenvalue weighted by atomic mass is 35.5. The van der Waals surface area contributed by atoms with Crippen LogP contribution in [0.15, 0.2) is 27.9 Å². The lowest BCUT2D eigenvalue weighted by molar-refractivity contribution is 0.189. The van der Waals surface area contributed by atoms with Gasteiger partial charge in [0.1, 0.15) is 0 Å². The van der Waals surface area contributed by atoms with Gasteiger partial charge in [-0.2, -0.15) is 0 Å².